The van der Waals surface area contributed by atoms with Crippen LogP contribution in [0.2, 0.25) is 0 Å². The van der Waals surface area contributed by atoms with Crippen LogP contribution in [0.15, 0.2) is 10.9 Å². The molecule has 2 aliphatic rings. The summed E-state index contributed by atoms with van der Waals surface area (Å²) in [6.07, 6.45) is 1.20. The highest BCUT2D eigenvalue weighted by Crippen LogP contribution is 2.57. The van der Waals surface area contributed by atoms with Gasteiger partial charge in [0.05, 0.1) is 0 Å². The lowest BCUT2D eigenvalue weighted by atomic mass is 10.2. The zero-order chi connectivity index (χ0) is 12.9. The number of ether oxygens (including phenoxy) is 1. The number of carbonyl (C=O) groups is 1. The lowest BCUT2D eigenvalue weighted by Gasteiger charge is -2.25. The Hall–Kier alpha value is -1.59. The second-order valence-corrected chi connectivity index (χ2v) is 6.02. The van der Waals surface area contributed by atoms with E-state index in [-0.39, 0.29) is 6.09 Å². The zero-order valence-corrected chi connectivity index (χ0v) is 10.8. The van der Waals surface area contributed by atoms with Gasteiger partial charge in [0.2, 0.25) is 5.89 Å². The van der Waals surface area contributed by atoms with E-state index in [1.54, 1.807) is 4.90 Å². The molecule has 0 radical (unpaired) electrons. The van der Waals surface area contributed by atoms with Crippen molar-refractivity contribution in [3.05, 3.63) is 12.2 Å². The molecule has 2 unspecified atom stereocenters. The standard InChI is InChI=1S/C12H17N3O3/c1-12(2,3)17-11(16)15-4-7-8(5-15)9(7)10-13-6-14-18-10/h6-9H,4-5H2,1-3H3/t7-,8?,9?/m0/s1. The van der Waals surface area contributed by atoms with E-state index < -0.39 is 5.60 Å². The van der Waals surface area contributed by atoms with Crippen LogP contribution in [0.25, 0.3) is 0 Å². The quantitative estimate of drug-likeness (QED) is 0.759. The third-order valence-corrected chi connectivity index (χ3v) is 3.51. The highest BCUT2D eigenvalue weighted by molar-refractivity contribution is 5.69. The second-order valence-electron chi connectivity index (χ2n) is 6.02. The van der Waals surface area contributed by atoms with E-state index in [1.165, 1.54) is 6.33 Å². The average molecular weight is 251 g/mol. The van der Waals surface area contributed by atoms with Crippen LogP contribution in [0.1, 0.15) is 32.6 Å². The molecule has 6 heteroatoms. The van der Waals surface area contributed by atoms with Crippen molar-refractivity contribution in [2.24, 2.45) is 11.8 Å². The summed E-state index contributed by atoms with van der Waals surface area (Å²) in [5.74, 6) is 1.95. The first-order valence-electron chi connectivity index (χ1n) is 6.20. The van der Waals surface area contributed by atoms with E-state index in [9.17, 15) is 4.79 Å². The van der Waals surface area contributed by atoms with Crippen LogP contribution in [0.4, 0.5) is 4.79 Å². The molecular formula is C12H17N3O3. The molecule has 18 heavy (non-hydrogen) atoms. The normalized spacial score (nSPS) is 30.2. The molecule has 6 nitrogen and oxygen atoms in total. The Bertz CT molecular complexity index is 440. The molecule has 0 bridgehead atoms. The first-order chi connectivity index (χ1) is 8.46. The Morgan fingerprint density at radius 1 is 1.44 bits per heavy atom. The van der Waals surface area contributed by atoms with Gasteiger partial charge in [0.25, 0.3) is 0 Å². The molecule has 1 aromatic heterocycles. The number of nitrogens with zero attached hydrogens (tertiary/aromatic N) is 3. The van der Waals surface area contributed by atoms with E-state index in [0.29, 0.717) is 23.6 Å². The second kappa shape index (κ2) is 3.70. The number of piperidine rings is 1. The summed E-state index contributed by atoms with van der Waals surface area (Å²) in [5, 5.41) is 3.62. The number of amides is 1. The van der Waals surface area contributed by atoms with Gasteiger partial charge in [-0.2, -0.15) is 4.98 Å². The SMILES string of the molecule is CC(C)(C)OC(=O)N1CC2C(c3ncno3)[C@H]2C1. The molecule has 98 valence electrons. The Balaban J connectivity index is 1.56. The van der Waals surface area contributed by atoms with Gasteiger partial charge in [-0.15, -0.1) is 0 Å². The minimum atomic E-state index is -0.435. The van der Waals surface area contributed by atoms with Crippen molar-refractivity contribution in [2.75, 3.05) is 13.1 Å². The minimum Gasteiger partial charge on any atom is -0.444 e. The van der Waals surface area contributed by atoms with Crippen LogP contribution >= 0.6 is 0 Å². The van der Waals surface area contributed by atoms with Gasteiger partial charge in [-0.25, -0.2) is 4.79 Å². The first-order valence-corrected chi connectivity index (χ1v) is 6.20. The Morgan fingerprint density at radius 3 is 2.61 bits per heavy atom. The van der Waals surface area contributed by atoms with E-state index in [2.05, 4.69) is 10.1 Å². The lowest BCUT2D eigenvalue weighted by Crippen LogP contribution is -2.36. The smallest absolute Gasteiger partial charge is 0.410 e. The van der Waals surface area contributed by atoms with Gasteiger partial charge in [-0.05, 0) is 32.6 Å². The maximum Gasteiger partial charge on any atom is 0.410 e. The summed E-state index contributed by atoms with van der Waals surface area (Å²) in [5.41, 5.74) is -0.435. The van der Waals surface area contributed by atoms with Crippen LogP contribution in [-0.2, 0) is 4.74 Å². The summed E-state index contributed by atoms with van der Waals surface area (Å²) in [6, 6.07) is 0. The Labute approximate surface area is 105 Å². The molecule has 3 atom stereocenters. The predicted molar refractivity (Wildman–Crippen MR) is 61.8 cm³/mol. The van der Waals surface area contributed by atoms with Crippen molar-refractivity contribution in [3.8, 4) is 0 Å². The molecule has 1 aromatic rings. The van der Waals surface area contributed by atoms with Crippen LogP contribution in [0, 0.1) is 11.8 Å². The summed E-state index contributed by atoms with van der Waals surface area (Å²) in [6.45, 7) is 7.09. The summed E-state index contributed by atoms with van der Waals surface area (Å²) in [7, 11) is 0. The molecule has 1 amide bonds. The fourth-order valence-electron chi connectivity index (χ4n) is 2.70. The van der Waals surface area contributed by atoms with E-state index in [4.69, 9.17) is 9.26 Å². The largest absolute Gasteiger partial charge is 0.444 e. The Morgan fingerprint density at radius 2 is 2.11 bits per heavy atom. The molecule has 1 saturated carbocycles. The van der Waals surface area contributed by atoms with Gasteiger partial charge in [0, 0.05) is 19.0 Å². The van der Waals surface area contributed by atoms with E-state index >= 15 is 0 Å². The van der Waals surface area contributed by atoms with Gasteiger partial charge in [-0.3, -0.25) is 0 Å². The number of likely N-dealkylation sites (tertiary alicyclic amines) is 1. The molecule has 0 aromatic carbocycles. The van der Waals surface area contributed by atoms with Gasteiger partial charge in [-0.1, -0.05) is 5.16 Å². The van der Waals surface area contributed by atoms with Crippen molar-refractivity contribution in [2.45, 2.75) is 32.3 Å². The number of fused-ring (bicyclic) bond motifs is 1. The molecule has 1 aliphatic carbocycles. The minimum absolute atomic E-state index is 0.223. The van der Waals surface area contributed by atoms with Crippen molar-refractivity contribution in [3.63, 3.8) is 0 Å². The van der Waals surface area contributed by atoms with Crippen LogP contribution in [0.5, 0.6) is 0 Å². The summed E-state index contributed by atoms with van der Waals surface area (Å²) >= 11 is 0. The number of hydrogen-bond donors (Lipinski definition) is 0. The molecule has 1 saturated heterocycles. The lowest BCUT2D eigenvalue weighted by molar-refractivity contribution is 0.0269. The molecular weight excluding hydrogens is 234 g/mol. The number of aromatic nitrogens is 2. The van der Waals surface area contributed by atoms with Crippen molar-refractivity contribution < 1.29 is 14.1 Å². The van der Waals surface area contributed by atoms with Gasteiger partial charge in [0.15, 0.2) is 6.33 Å². The molecule has 3 rings (SSSR count). The topological polar surface area (TPSA) is 68.5 Å². The third kappa shape index (κ3) is 1.95. The monoisotopic (exact) mass is 251 g/mol. The number of hydrogen-bond acceptors (Lipinski definition) is 5. The van der Waals surface area contributed by atoms with Crippen molar-refractivity contribution in [1.29, 1.82) is 0 Å². The average Bonchev–Trinajstić information content (AvgIpc) is 2.76. The van der Waals surface area contributed by atoms with Crippen molar-refractivity contribution >= 4 is 6.09 Å². The molecule has 2 fully saturated rings. The van der Waals surface area contributed by atoms with Crippen LogP contribution in [-0.4, -0.2) is 39.8 Å². The number of rotatable bonds is 1. The van der Waals surface area contributed by atoms with E-state index in [0.717, 1.165) is 13.1 Å². The van der Waals surface area contributed by atoms with Gasteiger partial charge >= 0.3 is 6.09 Å². The fourth-order valence-corrected chi connectivity index (χ4v) is 2.70. The first kappa shape index (κ1) is 11.5. The van der Waals surface area contributed by atoms with Gasteiger partial charge < -0.3 is 14.2 Å². The maximum absolute atomic E-state index is 11.9. The molecule has 2 heterocycles. The predicted octanol–water partition coefficient (Wildman–Crippen LogP) is 1.65. The highest BCUT2D eigenvalue weighted by atomic mass is 16.6. The third-order valence-electron chi connectivity index (χ3n) is 3.51. The molecule has 1 aliphatic heterocycles. The summed E-state index contributed by atoms with van der Waals surface area (Å²) < 4.78 is 10.4. The fraction of sp³-hybridized carbons (Fsp3) is 0.750. The molecule has 0 N–H and O–H groups in total. The highest BCUT2D eigenvalue weighted by Gasteiger charge is 2.60. The van der Waals surface area contributed by atoms with Gasteiger partial charge in [0.1, 0.15) is 5.60 Å². The zero-order valence-electron chi connectivity index (χ0n) is 10.8. The van der Waals surface area contributed by atoms with E-state index in [1.807, 2.05) is 20.8 Å². The number of carbonyl (C=O) groups excluding carboxylic acids is 1. The Kier molecular flexibility index (Phi) is 2.36. The summed E-state index contributed by atoms with van der Waals surface area (Å²) in [4.78, 5) is 17.7. The van der Waals surface area contributed by atoms with Crippen LogP contribution in [0.3, 0.4) is 0 Å². The molecule has 0 spiro atoms. The van der Waals surface area contributed by atoms with Crippen molar-refractivity contribution in [1.82, 2.24) is 15.0 Å². The van der Waals surface area contributed by atoms with Crippen LogP contribution < -0.4 is 0 Å². The maximum atomic E-state index is 11.9.